The highest BCUT2D eigenvalue weighted by Crippen LogP contribution is 2.29. The van der Waals surface area contributed by atoms with E-state index in [0.29, 0.717) is 43.9 Å². The summed E-state index contributed by atoms with van der Waals surface area (Å²) in [4.78, 5) is 22.6. The summed E-state index contributed by atoms with van der Waals surface area (Å²) in [5.41, 5.74) is -0.422. The summed E-state index contributed by atoms with van der Waals surface area (Å²) in [6, 6.07) is 5.66. The first kappa shape index (κ1) is 21.8. The molecule has 1 saturated heterocycles. The van der Waals surface area contributed by atoms with E-state index in [1.807, 2.05) is 4.90 Å². The van der Waals surface area contributed by atoms with Crippen LogP contribution in [0.4, 0.5) is 19.0 Å². The number of methoxy groups -OCH3 is 1. The van der Waals surface area contributed by atoms with Crippen molar-refractivity contribution in [2.24, 2.45) is 0 Å². The number of carbonyl (C=O) groups is 1. The van der Waals surface area contributed by atoms with Crippen molar-refractivity contribution in [2.45, 2.75) is 25.1 Å². The van der Waals surface area contributed by atoms with Gasteiger partial charge in [-0.3, -0.25) is 4.79 Å². The van der Waals surface area contributed by atoms with E-state index in [4.69, 9.17) is 9.47 Å². The molecule has 1 aliphatic heterocycles. The Balaban J connectivity index is 1.54. The molecule has 0 aromatic carbocycles. The van der Waals surface area contributed by atoms with Gasteiger partial charge in [0.25, 0.3) is 5.91 Å². The molecule has 0 atom stereocenters. The number of halogens is 3. The van der Waals surface area contributed by atoms with Crippen LogP contribution in [0.5, 0.6) is 5.88 Å². The maximum Gasteiger partial charge on any atom is 0.417 e. The van der Waals surface area contributed by atoms with Gasteiger partial charge in [0.1, 0.15) is 18.0 Å². The van der Waals surface area contributed by atoms with Crippen LogP contribution in [-0.4, -0.2) is 55.3 Å². The molecule has 30 heavy (non-hydrogen) atoms. The number of amides is 1. The van der Waals surface area contributed by atoms with E-state index in [-0.39, 0.29) is 24.4 Å². The van der Waals surface area contributed by atoms with Crippen LogP contribution in [0.1, 0.15) is 28.8 Å². The summed E-state index contributed by atoms with van der Waals surface area (Å²) in [6.07, 6.45) is -0.713. The topological polar surface area (TPSA) is 76.6 Å². The number of nitrogens with zero attached hydrogens (tertiary/aromatic N) is 3. The molecular weight excluding hydrogens is 401 g/mol. The zero-order valence-electron chi connectivity index (χ0n) is 16.5. The fourth-order valence-electron chi connectivity index (χ4n) is 3.16. The van der Waals surface area contributed by atoms with E-state index in [1.54, 1.807) is 25.4 Å². The molecule has 1 fully saturated rings. The van der Waals surface area contributed by atoms with E-state index >= 15 is 0 Å². The maximum absolute atomic E-state index is 12.7. The predicted molar refractivity (Wildman–Crippen MR) is 104 cm³/mol. The molecule has 0 unspecified atom stereocenters. The second-order valence-electron chi connectivity index (χ2n) is 6.83. The molecule has 3 rings (SSSR count). The third-order valence-corrected chi connectivity index (χ3v) is 4.77. The van der Waals surface area contributed by atoms with Gasteiger partial charge in [-0.25, -0.2) is 9.97 Å². The number of anilines is 1. The molecule has 0 spiro atoms. The fourth-order valence-corrected chi connectivity index (χ4v) is 3.16. The number of rotatable bonds is 7. The lowest BCUT2D eigenvalue weighted by Crippen LogP contribution is -2.45. The van der Waals surface area contributed by atoms with Crippen LogP contribution in [0.3, 0.4) is 0 Å². The van der Waals surface area contributed by atoms with Gasteiger partial charge in [-0.05, 0) is 37.1 Å². The Bertz CT molecular complexity index is 838. The molecule has 3 heterocycles. The molecule has 1 N–H and O–H groups in total. The maximum atomic E-state index is 12.7. The third-order valence-electron chi connectivity index (χ3n) is 4.77. The Kier molecular flexibility index (Phi) is 7.09. The van der Waals surface area contributed by atoms with Crippen molar-refractivity contribution < 1.29 is 27.4 Å². The molecule has 0 aliphatic carbocycles. The van der Waals surface area contributed by atoms with Crippen molar-refractivity contribution in [3.63, 3.8) is 0 Å². The van der Waals surface area contributed by atoms with Crippen molar-refractivity contribution in [2.75, 3.05) is 38.3 Å². The van der Waals surface area contributed by atoms with Gasteiger partial charge in [0.15, 0.2) is 0 Å². The number of hydrogen-bond acceptors (Lipinski definition) is 6. The molecular formula is C20H23F3N4O3. The average Bonchev–Trinajstić information content (AvgIpc) is 2.74. The number of carbonyl (C=O) groups excluding carboxylic acids is 1. The predicted octanol–water partition coefficient (Wildman–Crippen LogP) is 2.92. The monoisotopic (exact) mass is 424 g/mol. The van der Waals surface area contributed by atoms with Crippen molar-refractivity contribution in [3.8, 4) is 5.88 Å². The van der Waals surface area contributed by atoms with Crippen LogP contribution in [0.2, 0.25) is 0 Å². The smallest absolute Gasteiger partial charge is 0.417 e. The lowest BCUT2D eigenvalue weighted by Gasteiger charge is -2.33. The number of ether oxygens (including phenoxy) is 2. The van der Waals surface area contributed by atoms with E-state index in [9.17, 15) is 18.0 Å². The van der Waals surface area contributed by atoms with E-state index in [0.717, 1.165) is 12.3 Å². The Morgan fingerprint density at radius 3 is 2.60 bits per heavy atom. The van der Waals surface area contributed by atoms with Crippen LogP contribution in [-0.2, 0) is 10.9 Å². The second-order valence-corrected chi connectivity index (χ2v) is 6.83. The fraction of sp³-hybridized carbons (Fsp3) is 0.450. The highest BCUT2D eigenvalue weighted by Gasteiger charge is 2.31. The minimum Gasteiger partial charge on any atom is -0.475 e. The van der Waals surface area contributed by atoms with Crippen molar-refractivity contribution in [1.82, 2.24) is 15.3 Å². The highest BCUT2D eigenvalue weighted by atomic mass is 19.4. The number of nitrogens with one attached hydrogen (secondary N) is 1. The molecule has 2 aromatic heterocycles. The summed E-state index contributed by atoms with van der Waals surface area (Å²) in [5, 5.41) is 2.98. The lowest BCUT2D eigenvalue weighted by molar-refractivity contribution is -0.137. The summed E-state index contributed by atoms with van der Waals surface area (Å²) in [7, 11) is 1.56. The first-order valence-corrected chi connectivity index (χ1v) is 9.54. The molecule has 2 aromatic rings. The van der Waals surface area contributed by atoms with Gasteiger partial charge >= 0.3 is 6.18 Å². The summed E-state index contributed by atoms with van der Waals surface area (Å²) < 4.78 is 48.5. The summed E-state index contributed by atoms with van der Waals surface area (Å²) >= 11 is 0. The van der Waals surface area contributed by atoms with Gasteiger partial charge in [-0.15, -0.1) is 0 Å². The largest absolute Gasteiger partial charge is 0.475 e. The number of pyridine rings is 2. The van der Waals surface area contributed by atoms with Gasteiger partial charge in [0.2, 0.25) is 5.88 Å². The van der Waals surface area contributed by atoms with Gasteiger partial charge in [-0.2, -0.15) is 13.2 Å². The van der Waals surface area contributed by atoms with Crippen LogP contribution < -0.4 is 15.0 Å². The molecule has 0 bridgehead atoms. The van der Waals surface area contributed by atoms with E-state index < -0.39 is 11.7 Å². The molecule has 1 amide bonds. The summed E-state index contributed by atoms with van der Waals surface area (Å²) in [5.74, 6) is 0.467. The van der Waals surface area contributed by atoms with Crippen molar-refractivity contribution >= 4 is 11.7 Å². The van der Waals surface area contributed by atoms with Crippen LogP contribution >= 0.6 is 0 Å². The van der Waals surface area contributed by atoms with Gasteiger partial charge in [0, 0.05) is 38.6 Å². The lowest BCUT2D eigenvalue weighted by atomic mass is 10.0. The van der Waals surface area contributed by atoms with Gasteiger partial charge in [-0.1, -0.05) is 0 Å². The van der Waals surface area contributed by atoms with E-state index in [1.165, 1.54) is 6.07 Å². The number of hydrogen-bond donors (Lipinski definition) is 1. The zero-order chi connectivity index (χ0) is 21.6. The first-order chi connectivity index (χ1) is 14.4. The molecule has 1 aliphatic rings. The standard InChI is InChI=1S/C20H23F3N4O3/c1-29-11-12-30-19-16(3-2-8-24-19)18(28)26-15-6-9-27(10-7-15)17-5-4-14(13-25-17)20(21,22)23/h2-5,8,13,15H,6-7,9-12H2,1H3,(H,26,28). The Morgan fingerprint density at radius 2 is 1.97 bits per heavy atom. The van der Waals surface area contributed by atoms with Crippen LogP contribution in [0, 0.1) is 0 Å². The van der Waals surface area contributed by atoms with Crippen molar-refractivity contribution in [3.05, 3.63) is 47.8 Å². The molecule has 7 nitrogen and oxygen atoms in total. The van der Waals surface area contributed by atoms with Crippen LogP contribution in [0.25, 0.3) is 0 Å². The third kappa shape index (κ3) is 5.59. The first-order valence-electron chi connectivity index (χ1n) is 9.54. The molecule has 0 saturated carbocycles. The van der Waals surface area contributed by atoms with Gasteiger partial charge < -0.3 is 19.7 Å². The second kappa shape index (κ2) is 9.75. The Labute approximate surface area is 172 Å². The van der Waals surface area contributed by atoms with Gasteiger partial charge in [0.05, 0.1) is 12.2 Å². The molecule has 162 valence electrons. The van der Waals surface area contributed by atoms with Crippen LogP contribution in [0.15, 0.2) is 36.7 Å². The van der Waals surface area contributed by atoms with E-state index in [2.05, 4.69) is 15.3 Å². The molecule has 0 radical (unpaired) electrons. The minimum atomic E-state index is -4.40. The number of piperidine rings is 1. The quantitative estimate of drug-likeness (QED) is 0.689. The average molecular weight is 424 g/mol. The SMILES string of the molecule is COCCOc1ncccc1C(=O)NC1CCN(c2ccc(C(F)(F)F)cn2)CC1. The number of alkyl halides is 3. The Hall–Kier alpha value is -2.88. The summed E-state index contributed by atoms with van der Waals surface area (Å²) in [6.45, 7) is 1.82. The Morgan fingerprint density at radius 1 is 1.20 bits per heavy atom. The minimum absolute atomic E-state index is 0.0600. The highest BCUT2D eigenvalue weighted by molar-refractivity contribution is 5.96. The molecule has 10 heteroatoms. The number of aromatic nitrogens is 2. The normalized spacial score (nSPS) is 15.1. The zero-order valence-corrected chi connectivity index (χ0v) is 16.5. The van der Waals surface area contributed by atoms with Crippen molar-refractivity contribution in [1.29, 1.82) is 0 Å².